The second kappa shape index (κ2) is 4.65. The van der Waals surface area contributed by atoms with Crippen LogP contribution >= 0.6 is 0 Å². The van der Waals surface area contributed by atoms with E-state index >= 15 is 0 Å². The molecule has 3 heteroatoms. The van der Waals surface area contributed by atoms with Crippen LogP contribution in [-0.4, -0.2) is 16.0 Å². The summed E-state index contributed by atoms with van der Waals surface area (Å²) >= 11 is 0. The number of hydrogen-bond acceptors (Lipinski definition) is 3. The summed E-state index contributed by atoms with van der Waals surface area (Å²) < 4.78 is 0. The fourth-order valence-corrected chi connectivity index (χ4v) is 1.36. The van der Waals surface area contributed by atoms with Crippen molar-refractivity contribution < 1.29 is 10.3 Å². The van der Waals surface area contributed by atoms with Gasteiger partial charge in [-0.1, -0.05) is 30.1 Å². The van der Waals surface area contributed by atoms with E-state index in [1.165, 1.54) is 0 Å². The molecule has 0 unspecified atom stereocenters. The van der Waals surface area contributed by atoms with Crippen molar-refractivity contribution in [1.82, 2.24) is 0 Å². The second-order valence-corrected chi connectivity index (χ2v) is 3.32. The Hall–Kier alpha value is -1.51. The Labute approximate surface area is 83.7 Å². The highest BCUT2D eigenvalue weighted by atomic mass is 16.4. The van der Waals surface area contributed by atoms with Gasteiger partial charge in [-0.05, 0) is 25.5 Å². The lowest BCUT2D eigenvalue weighted by Gasteiger charge is -2.06. The first kappa shape index (κ1) is 10.6. The van der Waals surface area contributed by atoms with Crippen LogP contribution in [0.3, 0.4) is 0 Å². The number of phenolic OH excluding ortho intramolecular Hbond substituents is 1. The van der Waals surface area contributed by atoms with E-state index in [1.54, 1.807) is 6.07 Å². The van der Waals surface area contributed by atoms with Crippen molar-refractivity contribution in [3.63, 3.8) is 0 Å². The van der Waals surface area contributed by atoms with Crippen LogP contribution in [0, 0.1) is 6.92 Å². The summed E-state index contributed by atoms with van der Waals surface area (Å²) in [5, 5.41) is 21.6. The second-order valence-electron chi connectivity index (χ2n) is 3.32. The SMILES string of the molecule is CCCC(=NO)c1cc(C)ccc1O. The van der Waals surface area contributed by atoms with Gasteiger partial charge in [0.05, 0.1) is 5.71 Å². The lowest BCUT2D eigenvalue weighted by Crippen LogP contribution is -2.01. The van der Waals surface area contributed by atoms with Gasteiger partial charge in [-0.3, -0.25) is 0 Å². The van der Waals surface area contributed by atoms with Gasteiger partial charge in [-0.15, -0.1) is 0 Å². The zero-order valence-electron chi connectivity index (χ0n) is 8.49. The van der Waals surface area contributed by atoms with Crippen LogP contribution in [0.2, 0.25) is 0 Å². The Morgan fingerprint density at radius 2 is 2.14 bits per heavy atom. The summed E-state index contributed by atoms with van der Waals surface area (Å²) in [6.07, 6.45) is 1.54. The topological polar surface area (TPSA) is 52.8 Å². The molecule has 0 saturated heterocycles. The summed E-state index contributed by atoms with van der Waals surface area (Å²) in [5.41, 5.74) is 2.19. The Morgan fingerprint density at radius 1 is 1.43 bits per heavy atom. The lowest BCUT2D eigenvalue weighted by atomic mass is 10.0. The van der Waals surface area contributed by atoms with E-state index in [0.29, 0.717) is 17.7 Å². The fourth-order valence-electron chi connectivity index (χ4n) is 1.36. The molecule has 1 aromatic rings. The molecule has 0 bridgehead atoms. The maximum atomic E-state index is 9.57. The molecule has 76 valence electrons. The Kier molecular flexibility index (Phi) is 3.51. The van der Waals surface area contributed by atoms with Crippen molar-refractivity contribution in [1.29, 1.82) is 0 Å². The Bertz CT molecular complexity index is 345. The van der Waals surface area contributed by atoms with Gasteiger partial charge in [-0.2, -0.15) is 0 Å². The minimum absolute atomic E-state index is 0.164. The van der Waals surface area contributed by atoms with Crippen LogP contribution in [0.1, 0.15) is 30.9 Å². The van der Waals surface area contributed by atoms with E-state index in [0.717, 1.165) is 12.0 Å². The number of phenols is 1. The monoisotopic (exact) mass is 193 g/mol. The molecule has 1 aromatic carbocycles. The number of aromatic hydroxyl groups is 1. The van der Waals surface area contributed by atoms with E-state index < -0.39 is 0 Å². The number of aryl methyl sites for hydroxylation is 1. The van der Waals surface area contributed by atoms with Crippen LogP contribution in [0.15, 0.2) is 23.4 Å². The number of rotatable bonds is 3. The first-order chi connectivity index (χ1) is 6.69. The van der Waals surface area contributed by atoms with Gasteiger partial charge in [0.2, 0.25) is 0 Å². The summed E-state index contributed by atoms with van der Waals surface area (Å²) in [5.74, 6) is 0.164. The summed E-state index contributed by atoms with van der Waals surface area (Å²) in [4.78, 5) is 0. The maximum absolute atomic E-state index is 9.57. The molecule has 0 atom stereocenters. The third-order valence-corrected chi connectivity index (χ3v) is 2.07. The molecule has 3 nitrogen and oxygen atoms in total. The van der Waals surface area contributed by atoms with Gasteiger partial charge in [-0.25, -0.2) is 0 Å². The van der Waals surface area contributed by atoms with Crippen molar-refractivity contribution in [2.45, 2.75) is 26.7 Å². The molecule has 0 amide bonds. The first-order valence-electron chi connectivity index (χ1n) is 4.70. The van der Waals surface area contributed by atoms with E-state index in [2.05, 4.69) is 5.16 Å². The summed E-state index contributed by atoms with van der Waals surface area (Å²) in [6, 6.07) is 5.26. The molecule has 1 rings (SSSR count). The summed E-state index contributed by atoms with van der Waals surface area (Å²) in [7, 11) is 0. The van der Waals surface area contributed by atoms with Gasteiger partial charge in [0.1, 0.15) is 5.75 Å². The predicted octanol–water partition coefficient (Wildman–Crippen LogP) is 2.68. The first-order valence-corrected chi connectivity index (χ1v) is 4.70. The Balaban J connectivity index is 3.09. The Morgan fingerprint density at radius 3 is 2.71 bits per heavy atom. The molecular weight excluding hydrogens is 178 g/mol. The van der Waals surface area contributed by atoms with Crippen molar-refractivity contribution in [2.24, 2.45) is 5.16 Å². The van der Waals surface area contributed by atoms with Gasteiger partial charge in [0.25, 0.3) is 0 Å². The molecule has 0 aromatic heterocycles. The van der Waals surface area contributed by atoms with E-state index in [4.69, 9.17) is 5.21 Å². The van der Waals surface area contributed by atoms with Crippen LogP contribution in [0.4, 0.5) is 0 Å². The van der Waals surface area contributed by atoms with Crippen LogP contribution in [0.5, 0.6) is 5.75 Å². The smallest absolute Gasteiger partial charge is 0.124 e. The number of hydrogen-bond donors (Lipinski definition) is 2. The van der Waals surface area contributed by atoms with E-state index in [9.17, 15) is 5.11 Å². The minimum Gasteiger partial charge on any atom is -0.507 e. The number of nitrogens with zero attached hydrogens (tertiary/aromatic N) is 1. The fraction of sp³-hybridized carbons (Fsp3) is 0.364. The molecular formula is C11H15NO2. The zero-order valence-corrected chi connectivity index (χ0v) is 8.49. The molecule has 0 heterocycles. The van der Waals surface area contributed by atoms with Crippen LogP contribution in [-0.2, 0) is 0 Å². The highest BCUT2D eigenvalue weighted by Crippen LogP contribution is 2.20. The molecule has 0 fully saturated rings. The zero-order chi connectivity index (χ0) is 10.6. The van der Waals surface area contributed by atoms with Crippen molar-refractivity contribution in [3.8, 4) is 5.75 Å². The molecule has 0 aliphatic heterocycles. The van der Waals surface area contributed by atoms with E-state index in [1.807, 2.05) is 26.0 Å². The molecule has 0 aliphatic carbocycles. The maximum Gasteiger partial charge on any atom is 0.124 e. The van der Waals surface area contributed by atoms with Gasteiger partial charge < -0.3 is 10.3 Å². The molecule has 0 radical (unpaired) electrons. The summed E-state index contributed by atoms with van der Waals surface area (Å²) in [6.45, 7) is 3.93. The highest BCUT2D eigenvalue weighted by molar-refractivity contribution is 6.02. The highest BCUT2D eigenvalue weighted by Gasteiger charge is 2.08. The standard InChI is InChI=1S/C11H15NO2/c1-3-4-10(12-14)9-7-8(2)5-6-11(9)13/h5-7,13-14H,3-4H2,1-2H3. The molecule has 0 saturated carbocycles. The number of oxime groups is 1. The third kappa shape index (κ3) is 2.25. The largest absolute Gasteiger partial charge is 0.507 e. The van der Waals surface area contributed by atoms with Crippen LogP contribution in [0.25, 0.3) is 0 Å². The average molecular weight is 193 g/mol. The molecule has 2 N–H and O–H groups in total. The third-order valence-electron chi connectivity index (χ3n) is 2.07. The minimum atomic E-state index is 0.164. The quantitative estimate of drug-likeness (QED) is 0.440. The van der Waals surface area contributed by atoms with E-state index in [-0.39, 0.29) is 5.75 Å². The van der Waals surface area contributed by atoms with Gasteiger partial charge >= 0.3 is 0 Å². The lowest BCUT2D eigenvalue weighted by molar-refractivity contribution is 0.317. The molecule has 14 heavy (non-hydrogen) atoms. The predicted molar refractivity (Wildman–Crippen MR) is 56.1 cm³/mol. The van der Waals surface area contributed by atoms with Crippen molar-refractivity contribution in [3.05, 3.63) is 29.3 Å². The van der Waals surface area contributed by atoms with Crippen LogP contribution < -0.4 is 0 Å². The molecule has 0 spiro atoms. The van der Waals surface area contributed by atoms with Crippen molar-refractivity contribution in [2.75, 3.05) is 0 Å². The van der Waals surface area contributed by atoms with Crippen molar-refractivity contribution >= 4 is 5.71 Å². The number of benzene rings is 1. The van der Waals surface area contributed by atoms with Gasteiger partial charge in [0, 0.05) is 5.56 Å². The van der Waals surface area contributed by atoms with Gasteiger partial charge in [0.15, 0.2) is 0 Å². The average Bonchev–Trinajstić information content (AvgIpc) is 2.18. The molecule has 0 aliphatic rings. The normalized spacial score (nSPS) is 11.7.